The molecule has 1 aromatic heterocycles. The third kappa shape index (κ3) is 6.00. The molecule has 0 aliphatic carbocycles. The molecule has 8 heteroatoms. The van der Waals surface area contributed by atoms with Gasteiger partial charge in [-0.3, -0.25) is 4.79 Å². The van der Waals surface area contributed by atoms with Gasteiger partial charge in [0.15, 0.2) is 0 Å². The summed E-state index contributed by atoms with van der Waals surface area (Å²) in [5.41, 5.74) is 5.36. The fraction of sp³-hybridized carbons (Fsp3) is 0.240. The van der Waals surface area contributed by atoms with Crippen molar-refractivity contribution >= 4 is 29.3 Å². The van der Waals surface area contributed by atoms with Gasteiger partial charge in [0, 0.05) is 17.1 Å². The molecule has 1 unspecified atom stereocenters. The van der Waals surface area contributed by atoms with Crippen LogP contribution in [0.25, 0.3) is 11.3 Å². The van der Waals surface area contributed by atoms with Gasteiger partial charge in [0.05, 0.1) is 0 Å². The highest BCUT2D eigenvalue weighted by molar-refractivity contribution is 6.00. The number of nitrogens with one attached hydrogen (secondary N) is 4. The van der Waals surface area contributed by atoms with Gasteiger partial charge >= 0.3 is 12.0 Å². The number of carboxylic acids is 1. The Morgan fingerprint density at radius 2 is 1.48 bits per heavy atom. The minimum Gasteiger partial charge on any atom is -0.480 e. The number of urea groups is 1. The first-order valence-corrected chi connectivity index (χ1v) is 10.6. The number of aromatic amines is 1. The number of hydrogen-bond donors (Lipinski definition) is 5. The molecule has 0 radical (unpaired) electrons. The van der Waals surface area contributed by atoms with Crippen molar-refractivity contribution in [3.63, 3.8) is 0 Å². The van der Waals surface area contributed by atoms with E-state index in [1.807, 2.05) is 44.2 Å². The van der Waals surface area contributed by atoms with Gasteiger partial charge < -0.3 is 26.0 Å². The van der Waals surface area contributed by atoms with E-state index in [1.165, 1.54) is 0 Å². The predicted molar refractivity (Wildman–Crippen MR) is 129 cm³/mol. The van der Waals surface area contributed by atoms with Crippen molar-refractivity contribution in [3.8, 4) is 11.3 Å². The normalized spacial score (nSPS) is 11.7. The van der Waals surface area contributed by atoms with Gasteiger partial charge in [-0.05, 0) is 72.9 Å². The second-order valence-corrected chi connectivity index (χ2v) is 8.27. The highest BCUT2D eigenvalue weighted by Gasteiger charge is 2.24. The lowest BCUT2D eigenvalue weighted by molar-refractivity contribution is -0.140. The number of rotatable bonds is 7. The number of aliphatic carboxylic acids is 1. The summed E-state index contributed by atoms with van der Waals surface area (Å²) in [6.07, 6.45) is 0. The molecule has 0 spiro atoms. The maximum Gasteiger partial charge on any atom is 0.326 e. The summed E-state index contributed by atoms with van der Waals surface area (Å²) >= 11 is 0. The number of carboxylic acid groups (broad SMARTS) is 1. The monoisotopic (exact) mass is 448 g/mol. The van der Waals surface area contributed by atoms with E-state index in [4.69, 9.17) is 0 Å². The molecule has 0 bridgehead atoms. The van der Waals surface area contributed by atoms with Crippen LogP contribution in [0.5, 0.6) is 0 Å². The Morgan fingerprint density at radius 3 is 2.09 bits per heavy atom. The lowest BCUT2D eigenvalue weighted by Gasteiger charge is -2.17. The van der Waals surface area contributed by atoms with Gasteiger partial charge in [0.2, 0.25) is 0 Å². The van der Waals surface area contributed by atoms with Crippen LogP contribution in [-0.2, 0) is 4.79 Å². The summed E-state index contributed by atoms with van der Waals surface area (Å²) < 4.78 is 0. The van der Waals surface area contributed by atoms with E-state index in [0.29, 0.717) is 17.1 Å². The number of carbonyl (C=O) groups is 3. The number of carbonyl (C=O) groups excluding carboxylic acids is 2. The van der Waals surface area contributed by atoms with Crippen molar-refractivity contribution in [3.05, 3.63) is 71.4 Å². The molecule has 2 aromatic carbocycles. The number of aryl methyl sites for hydroxylation is 2. The zero-order chi connectivity index (χ0) is 24.1. The molecule has 0 saturated carbocycles. The first-order valence-electron chi connectivity index (χ1n) is 10.6. The van der Waals surface area contributed by atoms with Crippen molar-refractivity contribution in [2.45, 2.75) is 33.7 Å². The van der Waals surface area contributed by atoms with Crippen molar-refractivity contribution in [2.75, 3.05) is 10.6 Å². The summed E-state index contributed by atoms with van der Waals surface area (Å²) in [5.74, 6) is -1.80. The van der Waals surface area contributed by atoms with E-state index >= 15 is 0 Å². The lowest BCUT2D eigenvalue weighted by atomic mass is 10.0. The molecule has 0 aliphatic rings. The number of H-pyrrole nitrogens is 1. The van der Waals surface area contributed by atoms with Crippen LogP contribution in [0.3, 0.4) is 0 Å². The van der Waals surface area contributed by atoms with Crippen LogP contribution in [0.4, 0.5) is 16.2 Å². The number of hydrogen-bond acceptors (Lipinski definition) is 3. The van der Waals surface area contributed by atoms with Gasteiger partial charge in [0.25, 0.3) is 5.91 Å². The van der Waals surface area contributed by atoms with E-state index in [-0.39, 0.29) is 17.6 Å². The van der Waals surface area contributed by atoms with E-state index in [1.54, 1.807) is 38.1 Å². The molecule has 8 nitrogen and oxygen atoms in total. The maximum absolute atomic E-state index is 12.4. The Morgan fingerprint density at radius 1 is 0.848 bits per heavy atom. The third-order valence-electron chi connectivity index (χ3n) is 5.37. The van der Waals surface area contributed by atoms with E-state index in [9.17, 15) is 19.5 Å². The molecule has 0 fully saturated rings. The average molecular weight is 449 g/mol. The van der Waals surface area contributed by atoms with Crippen LogP contribution in [0.2, 0.25) is 0 Å². The third-order valence-corrected chi connectivity index (χ3v) is 5.37. The van der Waals surface area contributed by atoms with Gasteiger partial charge in [0.1, 0.15) is 11.7 Å². The molecule has 0 saturated heterocycles. The quantitative estimate of drug-likeness (QED) is 0.357. The summed E-state index contributed by atoms with van der Waals surface area (Å²) in [6, 6.07) is 14.9. The second-order valence-electron chi connectivity index (χ2n) is 8.27. The first-order chi connectivity index (χ1) is 15.6. The standard InChI is InChI=1S/C25H28N4O4/c1-14(2)22(24(31)32)29-23(30)21-12-11-20(28-21)17-6-9-18(10-7-17)26-25(33)27-19-8-5-15(3)16(4)13-19/h5-14,22,28H,1-4H3,(H,29,30)(H,31,32)(H2,26,27,33). The maximum atomic E-state index is 12.4. The Labute approximate surface area is 192 Å². The minimum atomic E-state index is -1.07. The van der Waals surface area contributed by atoms with Crippen LogP contribution in [0.1, 0.15) is 35.5 Å². The Kier molecular flexibility index (Phi) is 7.17. The molecule has 33 heavy (non-hydrogen) atoms. The van der Waals surface area contributed by atoms with Crippen LogP contribution < -0.4 is 16.0 Å². The molecule has 1 heterocycles. The van der Waals surface area contributed by atoms with E-state index < -0.39 is 17.9 Å². The molecule has 172 valence electrons. The number of amides is 3. The highest BCUT2D eigenvalue weighted by atomic mass is 16.4. The van der Waals surface area contributed by atoms with Crippen molar-refractivity contribution in [1.82, 2.24) is 10.3 Å². The molecule has 0 aliphatic heterocycles. The molecule has 3 rings (SSSR count). The van der Waals surface area contributed by atoms with Crippen LogP contribution in [0.15, 0.2) is 54.6 Å². The fourth-order valence-corrected chi connectivity index (χ4v) is 3.27. The number of anilines is 2. The Bertz CT molecular complexity index is 1170. The summed E-state index contributed by atoms with van der Waals surface area (Å²) in [5, 5.41) is 17.4. The van der Waals surface area contributed by atoms with Crippen LogP contribution in [0, 0.1) is 19.8 Å². The Hall–Kier alpha value is -4.07. The highest BCUT2D eigenvalue weighted by Crippen LogP contribution is 2.22. The van der Waals surface area contributed by atoms with Gasteiger partial charge in [-0.2, -0.15) is 0 Å². The van der Waals surface area contributed by atoms with Gasteiger partial charge in [-0.25, -0.2) is 9.59 Å². The Balaban J connectivity index is 1.62. The van der Waals surface area contributed by atoms with Crippen LogP contribution in [-0.4, -0.2) is 34.0 Å². The molecule has 3 amide bonds. The van der Waals surface area contributed by atoms with Crippen LogP contribution >= 0.6 is 0 Å². The molecular weight excluding hydrogens is 420 g/mol. The largest absolute Gasteiger partial charge is 0.480 e. The number of benzene rings is 2. The smallest absolute Gasteiger partial charge is 0.326 e. The zero-order valence-corrected chi connectivity index (χ0v) is 19.0. The molecule has 3 aromatic rings. The second kappa shape index (κ2) is 10.0. The van der Waals surface area contributed by atoms with E-state index in [2.05, 4.69) is 20.9 Å². The SMILES string of the molecule is Cc1ccc(NC(=O)Nc2ccc(-c3ccc(C(=O)NC(C(=O)O)C(C)C)[nH]3)cc2)cc1C. The molecule has 1 atom stereocenters. The van der Waals surface area contributed by atoms with E-state index in [0.717, 1.165) is 16.7 Å². The summed E-state index contributed by atoms with van der Waals surface area (Å²) in [4.78, 5) is 39.0. The lowest BCUT2D eigenvalue weighted by Crippen LogP contribution is -2.44. The fourth-order valence-electron chi connectivity index (χ4n) is 3.27. The molecular formula is C25H28N4O4. The van der Waals surface area contributed by atoms with Gasteiger partial charge in [-0.15, -0.1) is 0 Å². The van der Waals surface area contributed by atoms with Crippen molar-refractivity contribution in [1.29, 1.82) is 0 Å². The average Bonchev–Trinajstić information content (AvgIpc) is 3.25. The summed E-state index contributed by atoms with van der Waals surface area (Å²) in [6.45, 7) is 7.47. The minimum absolute atomic E-state index is 0.242. The predicted octanol–water partition coefficient (Wildman–Crippen LogP) is 4.78. The molecule has 5 N–H and O–H groups in total. The topological polar surface area (TPSA) is 123 Å². The van der Waals surface area contributed by atoms with Gasteiger partial charge in [-0.1, -0.05) is 32.0 Å². The number of aromatic nitrogens is 1. The zero-order valence-electron chi connectivity index (χ0n) is 19.0. The first kappa shape index (κ1) is 23.6. The van der Waals surface area contributed by atoms with Crippen molar-refractivity contribution < 1.29 is 19.5 Å². The summed E-state index contributed by atoms with van der Waals surface area (Å²) in [7, 11) is 0. The van der Waals surface area contributed by atoms with Crippen molar-refractivity contribution in [2.24, 2.45) is 5.92 Å².